The van der Waals surface area contributed by atoms with Gasteiger partial charge in [-0.2, -0.15) is 0 Å². The third-order valence-electron chi connectivity index (χ3n) is 8.17. The first-order valence-electron chi connectivity index (χ1n) is 12.8. The van der Waals surface area contributed by atoms with Crippen molar-refractivity contribution < 1.29 is 19.8 Å². The molecule has 0 bridgehead atoms. The molecule has 1 saturated carbocycles. The molecule has 188 valence electrons. The Hall–Kier alpha value is -2.16. The van der Waals surface area contributed by atoms with Gasteiger partial charge in [-0.05, 0) is 75.2 Å². The second-order valence-corrected chi connectivity index (χ2v) is 10.4. The largest absolute Gasteiger partial charge is 0.483 e. The van der Waals surface area contributed by atoms with E-state index in [2.05, 4.69) is 50.8 Å². The summed E-state index contributed by atoms with van der Waals surface area (Å²) >= 11 is 0. The fraction of sp³-hybridized carbons (Fsp3) is 0.692. The summed E-state index contributed by atoms with van der Waals surface area (Å²) in [6.07, 6.45) is 4.23. The molecule has 2 N–H and O–H groups in total. The van der Waals surface area contributed by atoms with Crippen LogP contribution in [0.15, 0.2) is 24.3 Å². The van der Waals surface area contributed by atoms with E-state index in [1.165, 1.54) is 24.1 Å². The van der Waals surface area contributed by atoms with Crippen LogP contribution in [0.1, 0.15) is 31.2 Å². The summed E-state index contributed by atoms with van der Waals surface area (Å²) in [5.74, 6) is 1.33. The molecule has 1 aromatic carbocycles. The van der Waals surface area contributed by atoms with Crippen molar-refractivity contribution in [1.29, 1.82) is 0 Å². The van der Waals surface area contributed by atoms with Crippen molar-refractivity contribution in [3.63, 3.8) is 0 Å². The molecule has 1 amide bonds. The number of nitrogens with zero attached hydrogens (tertiary/aromatic N) is 4. The molecule has 4 fully saturated rings. The summed E-state index contributed by atoms with van der Waals surface area (Å²) in [4.78, 5) is 30.8. The minimum atomic E-state index is -0.250. The van der Waals surface area contributed by atoms with Gasteiger partial charge in [-0.1, -0.05) is 12.1 Å². The number of fused-ring (bicyclic) bond motifs is 1. The summed E-state index contributed by atoms with van der Waals surface area (Å²) in [7, 11) is 0. The molecule has 4 aliphatic rings. The number of hydrogen-bond donors (Lipinski definition) is 2. The SMILES string of the molecule is Cc1cccc(N2CCN(CC(=O)N3C[C@H]4C[C@@H](N5CCCC5)[C@H](O)C[C@H]4C3)CC2)c1.O=CO. The molecule has 4 atom stereocenters. The number of likely N-dealkylation sites (tertiary alicyclic amines) is 2. The van der Waals surface area contributed by atoms with Gasteiger partial charge in [-0.3, -0.25) is 19.4 Å². The molecule has 1 aliphatic carbocycles. The number of carbonyl (C=O) groups is 2. The molecule has 0 spiro atoms. The Balaban J connectivity index is 0.000000868. The van der Waals surface area contributed by atoms with Gasteiger partial charge in [-0.25, -0.2) is 0 Å². The molecule has 3 saturated heterocycles. The molecule has 8 nitrogen and oxygen atoms in total. The number of aliphatic hydroxyl groups is 1. The van der Waals surface area contributed by atoms with Crippen molar-refractivity contribution in [2.45, 2.75) is 44.8 Å². The number of carboxylic acid groups (broad SMARTS) is 1. The molecule has 0 radical (unpaired) electrons. The quantitative estimate of drug-likeness (QED) is 0.643. The fourth-order valence-electron chi connectivity index (χ4n) is 6.36. The summed E-state index contributed by atoms with van der Waals surface area (Å²) in [6, 6.07) is 9.01. The van der Waals surface area contributed by atoms with Crippen molar-refractivity contribution in [3.05, 3.63) is 29.8 Å². The lowest BCUT2D eigenvalue weighted by Gasteiger charge is -2.40. The van der Waals surface area contributed by atoms with Gasteiger partial charge in [0, 0.05) is 51.0 Å². The highest BCUT2D eigenvalue weighted by Crippen LogP contribution is 2.39. The number of aryl methyl sites for hydroxylation is 1. The minimum Gasteiger partial charge on any atom is -0.483 e. The molecule has 3 heterocycles. The summed E-state index contributed by atoms with van der Waals surface area (Å²) < 4.78 is 0. The van der Waals surface area contributed by atoms with Gasteiger partial charge < -0.3 is 20.0 Å². The van der Waals surface area contributed by atoms with Gasteiger partial charge in [0.1, 0.15) is 0 Å². The topological polar surface area (TPSA) is 87.6 Å². The Kier molecular flexibility index (Phi) is 8.45. The third kappa shape index (κ3) is 5.90. The zero-order valence-corrected chi connectivity index (χ0v) is 20.4. The standard InChI is InChI=1S/C25H38N4O2.CH2O2/c1-19-5-4-6-22(13-19)27-11-9-26(10-12-27)18-25(31)29-16-20-14-23(28-7-2-3-8-28)24(30)15-21(20)17-29;2-1-3/h4-6,13,20-21,23-24,30H,2-3,7-12,14-18H2,1H3;1H,(H,2,3)/t20-,21+,23-,24-;/m1./s1. The van der Waals surface area contributed by atoms with Gasteiger partial charge in [-0.15, -0.1) is 0 Å². The third-order valence-corrected chi connectivity index (χ3v) is 8.17. The highest BCUT2D eigenvalue weighted by Gasteiger charge is 2.45. The normalized spacial score (nSPS) is 29.9. The molecule has 5 rings (SSSR count). The van der Waals surface area contributed by atoms with E-state index < -0.39 is 0 Å². The van der Waals surface area contributed by atoms with E-state index in [1.54, 1.807) is 0 Å². The predicted octanol–water partition coefficient (Wildman–Crippen LogP) is 1.51. The number of amides is 1. The van der Waals surface area contributed by atoms with Crippen LogP contribution in [0.4, 0.5) is 5.69 Å². The first kappa shape index (κ1) is 24.9. The Bertz CT molecular complexity index is 823. The van der Waals surface area contributed by atoms with Crippen LogP contribution < -0.4 is 4.90 Å². The summed E-state index contributed by atoms with van der Waals surface area (Å²) in [5, 5.41) is 17.6. The molecular formula is C26H40N4O4. The molecule has 0 aromatic heterocycles. The molecule has 3 aliphatic heterocycles. The first-order chi connectivity index (χ1) is 16.5. The Morgan fingerprint density at radius 3 is 2.32 bits per heavy atom. The maximum Gasteiger partial charge on any atom is 0.290 e. The van der Waals surface area contributed by atoms with Crippen molar-refractivity contribution in [2.24, 2.45) is 11.8 Å². The molecule has 34 heavy (non-hydrogen) atoms. The number of benzene rings is 1. The zero-order valence-electron chi connectivity index (χ0n) is 20.4. The number of carbonyl (C=O) groups excluding carboxylic acids is 1. The van der Waals surface area contributed by atoms with Crippen LogP contribution in [0.3, 0.4) is 0 Å². The van der Waals surface area contributed by atoms with Gasteiger partial charge in [0.25, 0.3) is 6.47 Å². The van der Waals surface area contributed by atoms with E-state index in [0.717, 1.165) is 65.2 Å². The van der Waals surface area contributed by atoms with E-state index in [4.69, 9.17) is 9.90 Å². The average molecular weight is 473 g/mol. The molecule has 8 heteroatoms. The van der Waals surface area contributed by atoms with E-state index in [1.807, 2.05) is 0 Å². The van der Waals surface area contributed by atoms with Crippen molar-refractivity contribution in [3.8, 4) is 0 Å². The number of aliphatic hydroxyl groups excluding tert-OH is 1. The Morgan fingerprint density at radius 2 is 1.68 bits per heavy atom. The van der Waals surface area contributed by atoms with Gasteiger partial charge >= 0.3 is 0 Å². The first-order valence-corrected chi connectivity index (χ1v) is 12.8. The second-order valence-electron chi connectivity index (χ2n) is 10.4. The highest BCUT2D eigenvalue weighted by molar-refractivity contribution is 5.78. The van der Waals surface area contributed by atoms with Crippen LogP contribution in [-0.2, 0) is 9.59 Å². The summed E-state index contributed by atoms with van der Waals surface area (Å²) in [5.41, 5.74) is 2.59. The van der Waals surface area contributed by atoms with Crippen LogP contribution in [-0.4, -0.2) is 108 Å². The van der Waals surface area contributed by atoms with E-state index in [9.17, 15) is 9.90 Å². The van der Waals surface area contributed by atoms with Crippen molar-refractivity contribution in [2.75, 3.05) is 63.8 Å². The smallest absolute Gasteiger partial charge is 0.290 e. The lowest BCUT2D eigenvalue weighted by atomic mass is 9.77. The number of piperazine rings is 1. The monoisotopic (exact) mass is 472 g/mol. The Labute approximate surface area is 203 Å². The van der Waals surface area contributed by atoms with Crippen LogP contribution in [0.25, 0.3) is 0 Å². The fourth-order valence-corrected chi connectivity index (χ4v) is 6.36. The zero-order chi connectivity index (χ0) is 24.1. The van der Waals surface area contributed by atoms with Crippen LogP contribution >= 0.6 is 0 Å². The lowest BCUT2D eigenvalue weighted by Crippen LogP contribution is -2.50. The average Bonchev–Trinajstić information content (AvgIpc) is 3.49. The highest BCUT2D eigenvalue weighted by atomic mass is 16.3. The predicted molar refractivity (Wildman–Crippen MR) is 132 cm³/mol. The summed E-state index contributed by atoms with van der Waals surface area (Å²) in [6.45, 7) is 10.3. The van der Waals surface area contributed by atoms with Crippen molar-refractivity contribution in [1.82, 2.24) is 14.7 Å². The maximum atomic E-state index is 13.1. The van der Waals surface area contributed by atoms with E-state index in [0.29, 0.717) is 24.4 Å². The molecule has 0 unspecified atom stereocenters. The van der Waals surface area contributed by atoms with Gasteiger partial charge in [0.2, 0.25) is 5.91 Å². The molecule has 1 aromatic rings. The van der Waals surface area contributed by atoms with Crippen molar-refractivity contribution >= 4 is 18.1 Å². The minimum absolute atomic E-state index is 0.218. The number of rotatable bonds is 4. The second kappa shape index (κ2) is 11.5. The Morgan fingerprint density at radius 1 is 1.03 bits per heavy atom. The maximum absolute atomic E-state index is 13.1. The van der Waals surface area contributed by atoms with Crippen LogP contribution in [0.5, 0.6) is 0 Å². The molecular weight excluding hydrogens is 432 g/mol. The van der Waals surface area contributed by atoms with E-state index in [-0.39, 0.29) is 18.5 Å². The van der Waals surface area contributed by atoms with Crippen LogP contribution in [0, 0.1) is 18.8 Å². The van der Waals surface area contributed by atoms with Gasteiger partial charge in [0.05, 0.1) is 12.6 Å². The number of hydrogen-bond acceptors (Lipinski definition) is 6. The number of anilines is 1. The lowest BCUT2D eigenvalue weighted by molar-refractivity contribution is -0.131. The van der Waals surface area contributed by atoms with Crippen LogP contribution in [0.2, 0.25) is 0 Å². The van der Waals surface area contributed by atoms with Gasteiger partial charge in [0.15, 0.2) is 0 Å². The van der Waals surface area contributed by atoms with E-state index >= 15 is 0 Å².